The fourth-order valence-corrected chi connectivity index (χ4v) is 3.80. The first-order valence-electron chi connectivity index (χ1n) is 10.4. The molecular formula is C29H22N2. The van der Waals surface area contributed by atoms with Crippen molar-refractivity contribution in [2.24, 2.45) is 0 Å². The highest BCUT2D eigenvalue weighted by Gasteiger charge is 2.12. The predicted octanol–water partition coefficient (Wildman–Crippen LogP) is 7.45. The van der Waals surface area contributed by atoms with Crippen LogP contribution in [0.15, 0.2) is 115 Å². The highest BCUT2D eigenvalue weighted by Crippen LogP contribution is 2.31. The van der Waals surface area contributed by atoms with E-state index in [1.807, 2.05) is 42.5 Å². The molecule has 2 nitrogen and oxygen atoms in total. The normalized spacial score (nSPS) is 10.7. The molecule has 0 saturated carbocycles. The first kappa shape index (κ1) is 19.0. The molecule has 0 saturated heterocycles. The Balaban J connectivity index is 1.70. The van der Waals surface area contributed by atoms with Gasteiger partial charge in [0.05, 0.1) is 11.4 Å². The third-order valence-corrected chi connectivity index (χ3v) is 5.31. The predicted molar refractivity (Wildman–Crippen MR) is 129 cm³/mol. The van der Waals surface area contributed by atoms with Crippen molar-refractivity contribution in [1.82, 2.24) is 9.97 Å². The zero-order chi connectivity index (χ0) is 21.0. The van der Waals surface area contributed by atoms with Crippen molar-refractivity contribution in [3.63, 3.8) is 0 Å². The molecule has 0 fully saturated rings. The molecule has 2 heteroatoms. The summed E-state index contributed by atoms with van der Waals surface area (Å²) in [6, 6.07) is 39.6. The molecular weight excluding hydrogens is 376 g/mol. The summed E-state index contributed by atoms with van der Waals surface area (Å²) in [7, 11) is 0. The van der Waals surface area contributed by atoms with E-state index >= 15 is 0 Å². The van der Waals surface area contributed by atoms with E-state index in [0.29, 0.717) is 0 Å². The average molecular weight is 399 g/mol. The Morgan fingerprint density at radius 3 is 1.52 bits per heavy atom. The Morgan fingerprint density at radius 2 is 0.903 bits per heavy atom. The molecule has 0 aliphatic heterocycles. The lowest BCUT2D eigenvalue weighted by Crippen LogP contribution is -1.96. The van der Waals surface area contributed by atoms with Gasteiger partial charge in [-0.15, -0.1) is 0 Å². The largest absolute Gasteiger partial charge is 0.228 e. The Morgan fingerprint density at radius 1 is 0.419 bits per heavy atom. The van der Waals surface area contributed by atoms with Gasteiger partial charge in [0.15, 0.2) is 5.82 Å². The van der Waals surface area contributed by atoms with Gasteiger partial charge in [0.25, 0.3) is 0 Å². The Labute approximate surface area is 182 Å². The number of nitrogens with zero attached hydrogens (tertiary/aromatic N) is 2. The van der Waals surface area contributed by atoms with Crippen LogP contribution in [0.1, 0.15) is 5.56 Å². The number of rotatable bonds is 4. The molecule has 148 valence electrons. The molecule has 0 radical (unpaired) electrons. The summed E-state index contributed by atoms with van der Waals surface area (Å²) in [6.45, 7) is 2.13. The number of aromatic nitrogens is 2. The van der Waals surface area contributed by atoms with Gasteiger partial charge in [-0.2, -0.15) is 0 Å². The zero-order valence-corrected chi connectivity index (χ0v) is 17.4. The molecule has 1 aromatic heterocycles. The maximum Gasteiger partial charge on any atom is 0.160 e. The summed E-state index contributed by atoms with van der Waals surface area (Å²) in [6.07, 6.45) is 0. The third kappa shape index (κ3) is 4.15. The van der Waals surface area contributed by atoms with E-state index in [4.69, 9.17) is 9.97 Å². The summed E-state index contributed by atoms with van der Waals surface area (Å²) in [5, 5.41) is 0. The second kappa shape index (κ2) is 8.37. The monoisotopic (exact) mass is 398 g/mol. The van der Waals surface area contributed by atoms with Crippen molar-refractivity contribution in [3.8, 4) is 45.0 Å². The summed E-state index contributed by atoms with van der Waals surface area (Å²) in [5.41, 5.74) is 8.63. The van der Waals surface area contributed by atoms with Crippen LogP contribution in [0.2, 0.25) is 0 Å². The van der Waals surface area contributed by atoms with Crippen molar-refractivity contribution >= 4 is 0 Å². The van der Waals surface area contributed by atoms with Gasteiger partial charge in [0, 0.05) is 16.7 Å². The van der Waals surface area contributed by atoms with Crippen LogP contribution in [-0.4, -0.2) is 9.97 Å². The second-order valence-electron chi connectivity index (χ2n) is 7.65. The smallest absolute Gasteiger partial charge is 0.160 e. The van der Waals surface area contributed by atoms with Gasteiger partial charge in [-0.1, -0.05) is 97.1 Å². The van der Waals surface area contributed by atoms with E-state index in [1.54, 1.807) is 0 Å². The first-order valence-corrected chi connectivity index (χ1v) is 10.4. The van der Waals surface area contributed by atoms with Crippen LogP contribution < -0.4 is 0 Å². The molecule has 0 atom stereocenters. The summed E-state index contributed by atoms with van der Waals surface area (Å²) >= 11 is 0. The SMILES string of the molecule is Cc1cc(-c2ccccc2)cc(-c2cc(-c3ccccc3)nc(-c3ccccc3)n2)c1. The molecule has 31 heavy (non-hydrogen) atoms. The molecule has 5 aromatic rings. The number of hydrogen-bond acceptors (Lipinski definition) is 2. The van der Waals surface area contributed by atoms with Gasteiger partial charge < -0.3 is 0 Å². The molecule has 0 N–H and O–H groups in total. The molecule has 0 amide bonds. The van der Waals surface area contributed by atoms with E-state index in [2.05, 4.69) is 79.7 Å². The summed E-state index contributed by atoms with van der Waals surface area (Å²) < 4.78 is 0. The topological polar surface area (TPSA) is 25.8 Å². The van der Waals surface area contributed by atoms with Gasteiger partial charge in [-0.3, -0.25) is 0 Å². The average Bonchev–Trinajstić information content (AvgIpc) is 2.85. The molecule has 0 unspecified atom stereocenters. The van der Waals surface area contributed by atoms with Gasteiger partial charge in [-0.25, -0.2) is 9.97 Å². The van der Waals surface area contributed by atoms with E-state index in [1.165, 1.54) is 16.7 Å². The van der Waals surface area contributed by atoms with Crippen molar-refractivity contribution in [1.29, 1.82) is 0 Å². The quantitative estimate of drug-likeness (QED) is 0.314. The van der Waals surface area contributed by atoms with E-state index in [9.17, 15) is 0 Å². The minimum absolute atomic E-state index is 0.736. The molecule has 0 spiro atoms. The Kier molecular flexibility index (Phi) is 5.12. The van der Waals surface area contributed by atoms with Crippen LogP contribution in [-0.2, 0) is 0 Å². The second-order valence-corrected chi connectivity index (χ2v) is 7.65. The lowest BCUT2D eigenvalue weighted by atomic mass is 9.98. The molecule has 0 aliphatic carbocycles. The fraction of sp³-hybridized carbons (Fsp3) is 0.0345. The van der Waals surface area contributed by atoms with Gasteiger partial charge >= 0.3 is 0 Å². The van der Waals surface area contributed by atoms with Gasteiger partial charge in [-0.05, 0) is 41.8 Å². The molecule has 5 rings (SSSR count). The molecule has 0 aliphatic rings. The van der Waals surface area contributed by atoms with Gasteiger partial charge in [0.2, 0.25) is 0 Å². The standard InChI is InChI=1S/C29H22N2/c1-21-17-25(22-11-5-2-6-12-22)19-26(18-21)28-20-27(23-13-7-3-8-14-23)30-29(31-28)24-15-9-4-10-16-24/h2-20H,1H3. The minimum atomic E-state index is 0.736. The van der Waals surface area contributed by atoms with Crippen LogP contribution in [0.4, 0.5) is 0 Å². The van der Waals surface area contributed by atoms with Crippen molar-refractivity contribution < 1.29 is 0 Å². The molecule has 0 bridgehead atoms. The summed E-state index contributed by atoms with van der Waals surface area (Å²) in [5.74, 6) is 0.736. The molecule has 4 aromatic carbocycles. The first-order chi connectivity index (χ1) is 15.3. The van der Waals surface area contributed by atoms with Crippen LogP contribution in [0.3, 0.4) is 0 Å². The van der Waals surface area contributed by atoms with E-state index in [0.717, 1.165) is 33.9 Å². The van der Waals surface area contributed by atoms with E-state index < -0.39 is 0 Å². The molecule has 1 heterocycles. The van der Waals surface area contributed by atoms with Crippen LogP contribution in [0.5, 0.6) is 0 Å². The van der Waals surface area contributed by atoms with E-state index in [-0.39, 0.29) is 0 Å². The highest BCUT2D eigenvalue weighted by molar-refractivity contribution is 5.76. The minimum Gasteiger partial charge on any atom is -0.228 e. The number of hydrogen-bond donors (Lipinski definition) is 0. The summed E-state index contributed by atoms with van der Waals surface area (Å²) in [4.78, 5) is 9.86. The highest BCUT2D eigenvalue weighted by atomic mass is 14.9. The number of benzene rings is 4. The maximum atomic E-state index is 4.96. The lowest BCUT2D eigenvalue weighted by Gasteiger charge is -2.11. The van der Waals surface area contributed by atoms with Crippen LogP contribution >= 0.6 is 0 Å². The van der Waals surface area contributed by atoms with Crippen molar-refractivity contribution in [2.45, 2.75) is 6.92 Å². The number of aryl methyl sites for hydroxylation is 1. The lowest BCUT2D eigenvalue weighted by molar-refractivity contribution is 1.18. The van der Waals surface area contributed by atoms with Crippen molar-refractivity contribution in [3.05, 3.63) is 121 Å². The fourth-order valence-electron chi connectivity index (χ4n) is 3.80. The Bertz CT molecular complexity index is 1250. The maximum absolute atomic E-state index is 4.96. The van der Waals surface area contributed by atoms with Gasteiger partial charge in [0.1, 0.15) is 0 Å². The third-order valence-electron chi connectivity index (χ3n) is 5.31. The van der Waals surface area contributed by atoms with Crippen molar-refractivity contribution in [2.75, 3.05) is 0 Å². The Hall–Kier alpha value is -4.04. The van der Waals surface area contributed by atoms with Crippen LogP contribution in [0.25, 0.3) is 45.0 Å². The van der Waals surface area contributed by atoms with Crippen LogP contribution in [0, 0.1) is 6.92 Å². The zero-order valence-electron chi connectivity index (χ0n) is 17.4.